The Labute approximate surface area is 223 Å². The van der Waals surface area contributed by atoms with Gasteiger partial charge >= 0.3 is 0 Å². The number of hydrogen-bond donors (Lipinski definition) is 2. The van der Waals surface area contributed by atoms with Crippen molar-refractivity contribution in [3.8, 4) is 11.4 Å². The zero-order valence-electron chi connectivity index (χ0n) is 21.7. The van der Waals surface area contributed by atoms with Gasteiger partial charge in [-0.25, -0.2) is 0 Å². The van der Waals surface area contributed by atoms with Crippen LogP contribution in [0.25, 0.3) is 5.69 Å². The second-order valence-corrected chi connectivity index (χ2v) is 9.83. The van der Waals surface area contributed by atoms with E-state index in [0.29, 0.717) is 23.1 Å². The average Bonchev–Trinajstić information content (AvgIpc) is 3.22. The number of benzene rings is 2. The number of nitrogens with two attached hydrogens (primary N) is 1. The third-order valence-electron chi connectivity index (χ3n) is 6.77. The zero-order valence-corrected chi connectivity index (χ0v) is 22.5. The highest BCUT2D eigenvalue weighted by Crippen LogP contribution is 2.36. The number of ether oxygens (including phenoxy) is 1. The van der Waals surface area contributed by atoms with Gasteiger partial charge in [-0.15, -0.1) is 10.2 Å². The van der Waals surface area contributed by atoms with Crippen molar-refractivity contribution in [2.45, 2.75) is 52.0 Å². The molecule has 3 aromatic rings. The first-order valence-corrected chi connectivity index (χ1v) is 13.2. The lowest BCUT2D eigenvalue weighted by atomic mass is 9.98. The first-order chi connectivity index (χ1) is 17.9. The van der Waals surface area contributed by atoms with Crippen molar-refractivity contribution in [1.29, 1.82) is 0 Å². The van der Waals surface area contributed by atoms with Crippen LogP contribution in [0.2, 0.25) is 5.02 Å². The van der Waals surface area contributed by atoms with Gasteiger partial charge in [-0.3, -0.25) is 14.4 Å². The molecule has 0 fully saturated rings. The van der Waals surface area contributed by atoms with Crippen LogP contribution in [0.4, 0.5) is 0 Å². The lowest BCUT2D eigenvalue weighted by Crippen LogP contribution is -2.33. The molecule has 2 atom stereocenters. The van der Waals surface area contributed by atoms with E-state index in [1.165, 1.54) is 0 Å². The maximum absolute atomic E-state index is 13.3. The molecule has 1 aromatic heterocycles. The van der Waals surface area contributed by atoms with E-state index in [-0.39, 0.29) is 5.91 Å². The van der Waals surface area contributed by atoms with Crippen LogP contribution in [0.15, 0.2) is 47.5 Å². The van der Waals surface area contributed by atoms with Gasteiger partial charge in [0.05, 0.1) is 24.4 Å². The van der Waals surface area contributed by atoms with Crippen molar-refractivity contribution in [1.82, 2.24) is 20.1 Å². The molecule has 3 N–H and O–H groups in total. The summed E-state index contributed by atoms with van der Waals surface area (Å²) in [7, 11) is 1.64. The summed E-state index contributed by atoms with van der Waals surface area (Å²) in [5.74, 6) is 1.56. The molecule has 0 aliphatic carbocycles. The van der Waals surface area contributed by atoms with Gasteiger partial charge in [-0.05, 0) is 56.6 Å². The summed E-state index contributed by atoms with van der Waals surface area (Å²) < 4.78 is 7.53. The van der Waals surface area contributed by atoms with Crippen molar-refractivity contribution >= 4 is 23.2 Å². The molecule has 1 aliphatic heterocycles. The Balaban J connectivity index is 1.68. The Morgan fingerprint density at radius 3 is 2.57 bits per heavy atom. The van der Waals surface area contributed by atoms with Crippen molar-refractivity contribution < 1.29 is 9.53 Å². The Bertz CT molecular complexity index is 1250. The molecular formula is C28H35ClN6O2. The fraction of sp³-hybridized carbons (Fsp3) is 0.429. The zero-order chi connectivity index (χ0) is 26.4. The summed E-state index contributed by atoms with van der Waals surface area (Å²) in [5, 5.41) is 12.6. The van der Waals surface area contributed by atoms with Crippen molar-refractivity contribution in [3.63, 3.8) is 0 Å². The SMILES string of the molecule is COc1ccc2c(c1)C(c1ccc(Cl)cc1)=N[C@@H]([C@@H](C)C(=O)NCCCCCCCN)c1nnc(C)n1-2. The number of nitrogens with zero attached hydrogens (tertiary/aromatic N) is 4. The Morgan fingerprint density at radius 2 is 1.84 bits per heavy atom. The van der Waals surface area contributed by atoms with Gasteiger partial charge in [-0.2, -0.15) is 0 Å². The number of halogens is 1. The number of rotatable bonds is 11. The summed E-state index contributed by atoms with van der Waals surface area (Å²) in [6, 6.07) is 12.9. The van der Waals surface area contributed by atoms with Gasteiger partial charge < -0.3 is 15.8 Å². The van der Waals surface area contributed by atoms with Crippen LogP contribution in [0.3, 0.4) is 0 Å². The van der Waals surface area contributed by atoms with Crippen LogP contribution in [0.5, 0.6) is 5.75 Å². The normalized spacial score (nSPS) is 15.3. The van der Waals surface area contributed by atoms with E-state index >= 15 is 0 Å². The number of unbranched alkanes of at least 4 members (excludes halogenated alkanes) is 4. The molecule has 8 nitrogen and oxygen atoms in total. The Morgan fingerprint density at radius 1 is 1.11 bits per heavy atom. The fourth-order valence-corrected chi connectivity index (χ4v) is 4.78. The molecule has 0 spiro atoms. The van der Waals surface area contributed by atoms with Crippen molar-refractivity contribution in [3.05, 3.63) is 70.3 Å². The number of carbonyl (C=O) groups excluding carboxylic acids is 1. The number of carbonyl (C=O) groups is 1. The van der Waals surface area contributed by atoms with Gasteiger partial charge in [0, 0.05) is 22.7 Å². The van der Waals surface area contributed by atoms with E-state index in [2.05, 4.69) is 15.5 Å². The van der Waals surface area contributed by atoms with Gasteiger partial charge in [0.1, 0.15) is 17.6 Å². The summed E-state index contributed by atoms with van der Waals surface area (Å²) in [5.41, 5.74) is 8.97. The number of methoxy groups -OCH3 is 1. The van der Waals surface area contributed by atoms with Gasteiger partial charge in [-0.1, -0.05) is 49.9 Å². The molecule has 0 saturated carbocycles. The maximum atomic E-state index is 13.3. The van der Waals surface area contributed by atoms with Crippen LogP contribution < -0.4 is 15.8 Å². The molecule has 9 heteroatoms. The van der Waals surface area contributed by atoms with Crippen LogP contribution in [0.1, 0.15) is 67.8 Å². The predicted molar refractivity (Wildman–Crippen MR) is 147 cm³/mol. The highest BCUT2D eigenvalue weighted by Gasteiger charge is 2.34. The molecule has 2 aromatic carbocycles. The van der Waals surface area contributed by atoms with E-state index < -0.39 is 12.0 Å². The van der Waals surface area contributed by atoms with Gasteiger partial charge in [0.15, 0.2) is 5.82 Å². The monoisotopic (exact) mass is 522 g/mol. The smallest absolute Gasteiger partial charge is 0.225 e. The van der Waals surface area contributed by atoms with Crippen molar-refractivity contribution in [2.24, 2.45) is 16.6 Å². The average molecular weight is 523 g/mol. The lowest BCUT2D eigenvalue weighted by molar-refractivity contribution is -0.125. The second kappa shape index (κ2) is 12.3. The second-order valence-electron chi connectivity index (χ2n) is 9.39. The number of amides is 1. The van der Waals surface area contributed by atoms with E-state index in [1.54, 1.807) is 7.11 Å². The standard InChI is InChI=1S/C28H35ClN6O2/c1-18(28(36)31-16-8-6-4-5-7-15-30)25-27-34-33-19(2)35(27)24-14-13-22(37-3)17-23(24)26(32-25)20-9-11-21(29)12-10-20/h9-14,17-18,25H,4-8,15-16,30H2,1-3H3,(H,31,36)/t18-,25+/m1/s1. The number of hydrogen-bond acceptors (Lipinski definition) is 6. The predicted octanol–water partition coefficient (Wildman–Crippen LogP) is 4.79. The van der Waals surface area contributed by atoms with E-state index in [4.69, 9.17) is 27.1 Å². The number of aliphatic imine (C=N–C) groups is 1. The largest absolute Gasteiger partial charge is 0.497 e. The first-order valence-electron chi connectivity index (χ1n) is 12.9. The van der Waals surface area contributed by atoms with Crippen molar-refractivity contribution in [2.75, 3.05) is 20.2 Å². The van der Waals surface area contributed by atoms with E-state index in [1.807, 2.05) is 60.9 Å². The maximum Gasteiger partial charge on any atom is 0.225 e. The molecule has 0 saturated heterocycles. The van der Waals surface area contributed by atoms with E-state index in [0.717, 1.165) is 67.0 Å². The summed E-state index contributed by atoms with van der Waals surface area (Å²) in [6.45, 7) is 5.17. The van der Waals surface area contributed by atoms with Gasteiger partial charge in [0.2, 0.25) is 5.91 Å². The minimum atomic E-state index is -0.533. The first kappa shape index (κ1) is 26.8. The highest BCUT2D eigenvalue weighted by molar-refractivity contribution is 6.30. The number of nitrogens with one attached hydrogen (secondary N) is 1. The molecule has 1 amide bonds. The Hall–Kier alpha value is -3.23. The summed E-state index contributed by atoms with van der Waals surface area (Å²) in [6.07, 6.45) is 5.32. The molecule has 0 bridgehead atoms. The highest BCUT2D eigenvalue weighted by atomic mass is 35.5. The molecule has 1 aliphatic rings. The van der Waals surface area contributed by atoms with Crippen LogP contribution in [0, 0.1) is 12.8 Å². The molecule has 196 valence electrons. The molecule has 4 rings (SSSR count). The Kier molecular flexibility index (Phi) is 8.95. The summed E-state index contributed by atoms with van der Waals surface area (Å²) in [4.78, 5) is 18.4. The molecule has 37 heavy (non-hydrogen) atoms. The minimum Gasteiger partial charge on any atom is -0.497 e. The van der Waals surface area contributed by atoms with E-state index in [9.17, 15) is 4.79 Å². The van der Waals surface area contributed by atoms with Crippen LogP contribution in [-0.2, 0) is 4.79 Å². The number of aromatic nitrogens is 3. The minimum absolute atomic E-state index is 0.0538. The fourth-order valence-electron chi connectivity index (χ4n) is 4.65. The quantitative estimate of drug-likeness (QED) is 0.352. The van der Waals surface area contributed by atoms with Gasteiger partial charge in [0.25, 0.3) is 0 Å². The van der Waals surface area contributed by atoms with Crippen LogP contribution >= 0.6 is 11.6 Å². The molecular weight excluding hydrogens is 488 g/mol. The summed E-state index contributed by atoms with van der Waals surface area (Å²) >= 11 is 6.18. The molecule has 0 radical (unpaired) electrons. The molecule has 2 heterocycles. The number of fused-ring (bicyclic) bond motifs is 3. The molecule has 0 unspecified atom stereocenters. The number of aryl methyl sites for hydroxylation is 1. The lowest BCUT2D eigenvalue weighted by Gasteiger charge is -2.19. The van der Waals surface area contributed by atoms with Crippen LogP contribution in [-0.4, -0.2) is 46.6 Å². The third-order valence-corrected chi connectivity index (χ3v) is 7.02. The topological polar surface area (TPSA) is 107 Å². The third kappa shape index (κ3) is 6.02.